The molecule has 0 aliphatic heterocycles. The number of halogens is 2. The van der Waals surface area contributed by atoms with Crippen LogP contribution in [0.2, 0.25) is 10.3 Å². The molecule has 0 radical (unpaired) electrons. The number of nitrogens with zero attached hydrogens (tertiary/aromatic N) is 1. The van der Waals surface area contributed by atoms with E-state index in [9.17, 15) is 4.79 Å². The topological polar surface area (TPSA) is 62.2 Å². The van der Waals surface area contributed by atoms with E-state index in [1.54, 1.807) is 6.92 Å². The number of pyridine rings is 1. The average molecular weight is 249 g/mol. The van der Waals surface area contributed by atoms with Crippen LogP contribution >= 0.6 is 23.2 Å². The highest BCUT2D eigenvalue weighted by Crippen LogP contribution is 2.16. The first kappa shape index (κ1) is 12.2. The van der Waals surface area contributed by atoms with E-state index in [-0.39, 0.29) is 28.3 Å². The Morgan fingerprint density at radius 3 is 2.80 bits per heavy atom. The van der Waals surface area contributed by atoms with Gasteiger partial charge >= 0.3 is 0 Å². The Balaban J connectivity index is 2.74. The summed E-state index contributed by atoms with van der Waals surface area (Å²) in [6.45, 7) is 1.74. The van der Waals surface area contributed by atoms with Gasteiger partial charge in [0.05, 0.1) is 11.7 Å². The van der Waals surface area contributed by atoms with Gasteiger partial charge in [0.25, 0.3) is 5.91 Å². The molecule has 2 N–H and O–H groups in total. The van der Waals surface area contributed by atoms with E-state index in [4.69, 9.17) is 28.3 Å². The molecule has 0 spiro atoms. The van der Waals surface area contributed by atoms with Crippen LogP contribution in [0.15, 0.2) is 12.1 Å². The van der Waals surface area contributed by atoms with Crippen molar-refractivity contribution in [1.29, 1.82) is 0 Å². The van der Waals surface area contributed by atoms with Gasteiger partial charge in [-0.25, -0.2) is 4.98 Å². The van der Waals surface area contributed by atoms with Gasteiger partial charge in [0.15, 0.2) is 0 Å². The van der Waals surface area contributed by atoms with E-state index in [0.29, 0.717) is 0 Å². The summed E-state index contributed by atoms with van der Waals surface area (Å²) in [6.07, 6.45) is -0.604. The zero-order chi connectivity index (χ0) is 11.4. The molecule has 0 bridgehead atoms. The predicted molar refractivity (Wildman–Crippen MR) is 58.3 cm³/mol. The minimum absolute atomic E-state index is 0.0468. The van der Waals surface area contributed by atoms with Crippen molar-refractivity contribution >= 4 is 29.1 Å². The van der Waals surface area contributed by atoms with Crippen molar-refractivity contribution in [3.63, 3.8) is 0 Å². The van der Waals surface area contributed by atoms with E-state index in [1.807, 2.05) is 0 Å². The van der Waals surface area contributed by atoms with Gasteiger partial charge in [-0.2, -0.15) is 0 Å². The maximum Gasteiger partial charge on any atom is 0.254 e. The molecule has 0 aliphatic carbocycles. The minimum atomic E-state index is -0.604. The monoisotopic (exact) mass is 248 g/mol. The summed E-state index contributed by atoms with van der Waals surface area (Å²) in [5, 5.41) is 11.8. The maximum atomic E-state index is 11.5. The fourth-order valence-electron chi connectivity index (χ4n) is 0.917. The second kappa shape index (κ2) is 5.30. The summed E-state index contributed by atoms with van der Waals surface area (Å²) >= 11 is 11.3. The molecule has 0 saturated carbocycles. The zero-order valence-corrected chi connectivity index (χ0v) is 9.51. The first-order valence-electron chi connectivity index (χ1n) is 4.29. The summed E-state index contributed by atoms with van der Waals surface area (Å²) in [5.41, 5.74) is 0.238. The van der Waals surface area contributed by atoms with Crippen LogP contribution in [0, 0.1) is 0 Å². The Morgan fingerprint density at radius 1 is 1.60 bits per heavy atom. The smallest absolute Gasteiger partial charge is 0.254 e. The summed E-state index contributed by atoms with van der Waals surface area (Å²) in [6, 6.07) is 2.96. The lowest BCUT2D eigenvalue weighted by atomic mass is 10.2. The summed E-state index contributed by atoms with van der Waals surface area (Å²) in [7, 11) is 0. The first-order valence-corrected chi connectivity index (χ1v) is 5.04. The molecule has 1 atom stereocenters. The van der Waals surface area contributed by atoms with Crippen LogP contribution in [-0.2, 0) is 0 Å². The molecule has 0 fully saturated rings. The third-order valence-electron chi connectivity index (χ3n) is 1.62. The highest BCUT2D eigenvalue weighted by molar-refractivity contribution is 6.34. The Labute approximate surface area is 97.2 Å². The van der Waals surface area contributed by atoms with Gasteiger partial charge in [-0.3, -0.25) is 4.79 Å². The number of carbonyl (C=O) groups excluding carboxylic acids is 1. The number of carbonyl (C=O) groups is 1. The molecule has 1 aromatic heterocycles. The average Bonchev–Trinajstić information content (AvgIpc) is 2.14. The molecule has 0 aromatic carbocycles. The molecule has 1 heterocycles. The Bertz CT molecular complexity index is 369. The Hall–Kier alpha value is -0.840. The number of hydrogen-bond acceptors (Lipinski definition) is 3. The first-order chi connectivity index (χ1) is 7.00. The van der Waals surface area contributed by atoms with E-state index >= 15 is 0 Å². The number of rotatable bonds is 3. The molecule has 1 rings (SSSR count). The van der Waals surface area contributed by atoms with Gasteiger partial charge in [0.1, 0.15) is 10.3 Å². The van der Waals surface area contributed by atoms with Crippen molar-refractivity contribution in [2.75, 3.05) is 6.54 Å². The van der Waals surface area contributed by atoms with Gasteiger partial charge < -0.3 is 10.4 Å². The number of aliphatic hydroxyl groups is 1. The molecular weight excluding hydrogens is 239 g/mol. The van der Waals surface area contributed by atoms with Crippen LogP contribution in [0.1, 0.15) is 17.3 Å². The van der Waals surface area contributed by atoms with Crippen molar-refractivity contribution in [2.24, 2.45) is 0 Å². The number of nitrogens with one attached hydrogen (secondary N) is 1. The van der Waals surface area contributed by atoms with Crippen molar-refractivity contribution in [1.82, 2.24) is 10.3 Å². The van der Waals surface area contributed by atoms with E-state index in [0.717, 1.165) is 0 Å². The number of aromatic nitrogens is 1. The third-order valence-corrected chi connectivity index (χ3v) is 2.12. The Kier molecular flexibility index (Phi) is 4.32. The molecule has 82 valence electrons. The van der Waals surface area contributed by atoms with Crippen LogP contribution in [0.5, 0.6) is 0 Å². The van der Waals surface area contributed by atoms with Gasteiger partial charge in [-0.05, 0) is 19.1 Å². The predicted octanol–water partition coefficient (Wildman–Crippen LogP) is 1.50. The van der Waals surface area contributed by atoms with Gasteiger partial charge in [-0.1, -0.05) is 23.2 Å². The fraction of sp³-hybridized carbons (Fsp3) is 0.333. The van der Waals surface area contributed by atoms with Crippen molar-refractivity contribution < 1.29 is 9.90 Å². The van der Waals surface area contributed by atoms with Crippen LogP contribution in [0.4, 0.5) is 0 Å². The lowest BCUT2D eigenvalue weighted by Crippen LogP contribution is -2.30. The fourth-order valence-corrected chi connectivity index (χ4v) is 1.35. The van der Waals surface area contributed by atoms with Crippen LogP contribution in [0.3, 0.4) is 0 Å². The quantitative estimate of drug-likeness (QED) is 0.798. The summed E-state index contributed by atoms with van der Waals surface area (Å²) in [4.78, 5) is 15.2. The SMILES string of the molecule is C[C@@H](O)CNC(=O)c1ccc(Cl)nc1Cl. The second-order valence-electron chi connectivity index (χ2n) is 3.03. The largest absolute Gasteiger partial charge is 0.392 e. The van der Waals surface area contributed by atoms with Crippen molar-refractivity contribution in [3.05, 3.63) is 28.0 Å². The molecule has 1 aromatic rings. The number of hydrogen-bond donors (Lipinski definition) is 2. The second-order valence-corrected chi connectivity index (χ2v) is 3.78. The van der Waals surface area contributed by atoms with Crippen molar-refractivity contribution in [2.45, 2.75) is 13.0 Å². The Morgan fingerprint density at radius 2 is 2.27 bits per heavy atom. The standard InChI is InChI=1S/C9H10Cl2N2O2/c1-5(14)4-12-9(15)6-2-3-7(10)13-8(6)11/h2-3,5,14H,4H2,1H3,(H,12,15)/t5-/m1/s1. The lowest BCUT2D eigenvalue weighted by Gasteiger charge is -2.07. The lowest BCUT2D eigenvalue weighted by molar-refractivity contribution is 0.0924. The molecule has 0 aliphatic rings. The molecule has 15 heavy (non-hydrogen) atoms. The molecular formula is C9H10Cl2N2O2. The van der Waals surface area contributed by atoms with Crippen LogP contribution in [-0.4, -0.2) is 28.6 Å². The molecule has 0 saturated heterocycles. The number of amides is 1. The normalized spacial score (nSPS) is 12.3. The van der Waals surface area contributed by atoms with E-state index in [1.165, 1.54) is 12.1 Å². The van der Waals surface area contributed by atoms with Gasteiger partial charge in [-0.15, -0.1) is 0 Å². The van der Waals surface area contributed by atoms with Gasteiger partial charge in [0.2, 0.25) is 0 Å². The summed E-state index contributed by atoms with van der Waals surface area (Å²) < 4.78 is 0. The van der Waals surface area contributed by atoms with Crippen molar-refractivity contribution in [3.8, 4) is 0 Å². The van der Waals surface area contributed by atoms with Gasteiger partial charge in [0, 0.05) is 6.54 Å². The number of aliphatic hydroxyl groups excluding tert-OH is 1. The molecule has 4 nitrogen and oxygen atoms in total. The third kappa shape index (κ3) is 3.66. The van der Waals surface area contributed by atoms with E-state index < -0.39 is 6.10 Å². The highest BCUT2D eigenvalue weighted by atomic mass is 35.5. The zero-order valence-electron chi connectivity index (χ0n) is 8.00. The minimum Gasteiger partial charge on any atom is -0.392 e. The molecule has 1 amide bonds. The van der Waals surface area contributed by atoms with Crippen LogP contribution in [0.25, 0.3) is 0 Å². The summed E-state index contributed by atoms with van der Waals surface area (Å²) in [5.74, 6) is -0.384. The highest BCUT2D eigenvalue weighted by Gasteiger charge is 2.11. The molecule has 0 unspecified atom stereocenters. The van der Waals surface area contributed by atoms with Crippen LogP contribution < -0.4 is 5.32 Å². The maximum absolute atomic E-state index is 11.5. The molecule has 6 heteroatoms. The van der Waals surface area contributed by atoms with E-state index in [2.05, 4.69) is 10.3 Å².